The standard InChI is InChI=1S/C14H12Cl2N4O4/c1-23-11-7-10(18-6(4-16)19-13(7)21)12(24-2)8-9(11)17-5(3-15)20-14(8)22/h3-4H2,1-2H3,(H,17,20,22)(H,18,19,21). The van der Waals surface area contributed by atoms with Gasteiger partial charge in [-0.05, 0) is 0 Å². The van der Waals surface area contributed by atoms with E-state index in [0.717, 1.165) is 0 Å². The maximum Gasteiger partial charge on any atom is 0.262 e. The molecule has 0 aliphatic carbocycles. The van der Waals surface area contributed by atoms with E-state index in [1.807, 2.05) is 0 Å². The molecular formula is C14H12Cl2N4O4. The average molecular weight is 371 g/mol. The van der Waals surface area contributed by atoms with Crippen LogP contribution in [0.5, 0.6) is 11.5 Å². The Bertz CT molecular complexity index is 975. The van der Waals surface area contributed by atoms with E-state index in [2.05, 4.69) is 19.9 Å². The number of aromatic nitrogens is 4. The van der Waals surface area contributed by atoms with Gasteiger partial charge in [0.25, 0.3) is 11.1 Å². The predicted octanol–water partition coefficient (Wildman–Crippen LogP) is 1.65. The Morgan fingerprint density at radius 2 is 1.21 bits per heavy atom. The van der Waals surface area contributed by atoms with E-state index >= 15 is 0 Å². The number of hydrogen-bond acceptors (Lipinski definition) is 6. The lowest BCUT2D eigenvalue weighted by atomic mass is 10.1. The molecule has 126 valence electrons. The van der Waals surface area contributed by atoms with Crippen LogP contribution in [-0.2, 0) is 11.8 Å². The quantitative estimate of drug-likeness (QED) is 0.533. The van der Waals surface area contributed by atoms with Gasteiger partial charge in [0.1, 0.15) is 33.5 Å². The molecule has 2 aromatic heterocycles. The monoisotopic (exact) mass is 370 g/mol. The van der Waals surface area contributed by atoms with E-state index in [-0.39, 0.29) is 56.7 Å². The van der Waals surface area contributed by atoms with Gasteiger partial charge in [-0.15, -0.1) is 23.2 Å². The lowest BCUT2D eigenvalue weighted by Crippen LogP contribution is -2.17. The fourth-order valence-corrected chi connectivity index (χ4v) is 2.80. The summed E-state index contributed by atoms with van der Waals surface area (Å²) >= 11 is 11.5. The summed E-state index contributed by atoms with van der Waals surface area (Å²) in [5.74, 6) is 0.718. The largest absolute Gasteiger partial charge is 0.494 e. The molecular weight excluding hydrogens is 359 g/mol. The molecule has 2 N–H and O–H groups in total. The van der Waals surface area contributed by atoms with Crippen LogP contribution in [0, 0.1) is 0 Å². The van der Waals surface area contributed by atoms with Crippen molar-refractivity contribution >= 4 is 45.0 Å². The third-order valence-corrected chi connectivity index (χ3v) is 3.99. The van der Waals surface area contributed by atoms with Crippen LogP contribution in [0.2, 0.25) is 0 Å². The summed E-state index contributed by atoms with van der Waals surface area (Å²) in [6.07, 6.45) is 0. The van der Waals surface area contributed by atoms with Crippen molar-refractivity contribution in [2.75, 3.05) is 14.2 Å². The Balaban J connectivity index is 2.68. The lowest BCUT2D eigenvalue weighted by molar-refractivity contribution is 0.415. The number of nitrogens with zero attached hydrogens (tertiary/aromatic N) is 2. The Hall–Kier alpha value is -2.32. The number of halogens is 2. The molecule has 8 nitrogen and oxygen atoms in total. The highest BCUT2D eigenvalue weighted by molar-refractivity contribution is 6.17. The molecule has 3 rings (SSSR count). The minimum absolute atomic E-state index is 0.00548. The van der Waals surface area contributed by atoms with Crippen LogP contribution >= 0.6 is 23.2 Å². The molecule has 0 amide bonds. The molecule has 0 unspecified atom stereocenters. The average Bonchev–Trinajstić information content (AvgIpc) is 2.59. The molecule has 1 aromatic carbocycles. The van der Waals surface area contributed by atoms with Gasteiger partial charge in [0.05, 0.1) is 26.0 Å². The molecule has 0 saturated heterocycles. The number of rotatable bonds is 4. The van der Waals surface area contributed by atoms with Crippen molar-refractivity contribution in [3.8, 4) is 11.5 Å². The highest BCUT2D eigenvalue weighted by Crippen LogP contribution is 2.37. The summed E-state index contributed by atoms with van der Waals surface area (Å²) in [4.78, 5) is 38.6. The first kappa shape index (κ1) is 16.5. The maximum absolute atomic E-state index is 12.5. The minimum Gasteiger partial charge on any atom is -0.494 e. The number of aromatic amines is 2. The summed E-state index contributed by atoms with van der Waals surface area (Å²) in [6, 6.07) is 0. The van der Waals surface area contributed by atoms with Gasteiger partial charge in [0.15, 0.2) is 11.5 Å². The van der Waals surface area contributed by atoms with Crippen LogP contribution in [0.4, 0.5) is 0 Å². The Labute approximate surface area is 144 Å². The van der Waals surface area contributed by atoms with Crippen molar-refractivity contribution in [3.05, 3.63) is 32.4 Å². The fourth-order valence-electron chi connectivity index (χ4n) is 2.55. The summed E-state index contributed by atoms with van der Waals surface area (Å²) in [7, 11) is 2.75. The molecule has 0 radical (unpaired) electrons. The van der Waals surface area contributed by atoms with Crippen molar-refractivity contribution in [3.63, 3.8) is 0 Å². The second-order valence-electron chi connectivity index (χ2n) is 4.81. The van der Waals surface area contributed by atoms with Gasteiger partial charge in [-0.1, -0.05) is 0 Å². The molecule has 10 heteroatoms. The van der Waals surface area contributed by atoms with Crippen molar-refractivity contribution in [2.45, 2.75) is 11.8 Å². The second kappa shape index (κ2) is 6.29. The van der Waals surface area contributed by atoms with Crippen molar-refractivity contribution < 1.29 is 9.47 Å². The van der Waals surface area contributed by atoms with Crippen LogP contribution in [0.25, 0.3) is 21.8 Å². The number of H-pyrrole nitrogens is 2. The number of benzene rings is 1. The number of ether oxygens (including phenoxy) is 2. The molecule has 2 heterocycles. The molecule has 0 bridgehead atoms. The second-order valence-corrected chi connectivity index (χ2v) is 5.34. The zero-order valence-corrected chi connectivity index (χ0v) is 14.2. The maximum atomic E-state index is 12.5. The summed E-state index contributed by atoms with van der Waals surface area (Å²) in [5.41, 5.74) is -0.594. The number of nitrogens with one attached hydrogen (secondary N) is 2. The Morgan fingerprint density at radius 3 is 1.50 bits per heavy atom. The van der Waals surface area contributed by atoms with Gasteiger partial charge in [-0.2, -0.15) is 0 Å². The molecule has 0 saturated carbocycles. The van der Waals surface area contributed by atoms with Crippen LogP contribution in [0.1, 0.15) is 11.6 Å². The first-order valence-corrected chi connectivity index (χ1v) is 7.84. The van der Waals surface area contributed by atoms with Crippen molar-refractivity contribution in [2.24, 2.45) is 0 Å². The fraction of sp³-hybridized carbons (Fsp3) is 0.286. The first-order valence-electron chi connectivity index (χ1n) is 6.77. The molecule has 24 heavy (non-hydrogen) atoms. The Kier molecular flexibility index (Phi) is 4.33. The number of hydrogen-bond donors (Lipinski definition) is 2. The molecule has 0 aliphatic rings. The van der Waals surface area contributed by atoms with Gasteiger partial charge in [0, 0.05) is 0 Å². The third-order valence-electron chi connectivity index (χ3n) is 3.48. The van der Waals surface area contributed by atoms with Gasteiger partial charge in [-0.3, -0.25) is 9.59 Å². The summed E-state index contributed by atoms with van der Waals surface area (Å²) < 4.78 is 10.7. The van der Waals surface area contributed by atoms with E-state index in [0.29, 0.717) is 0 Å². The van der Waals surface area contributed by atoms with E-state index in [9.17, 15) is 9.59 Å². The molecule has 0 atom stereocenters. The lowest BCUT2D eigenvalue weighted by Gasteiger charge is -2.13. The van der Waals surface area contributed by atoms with E-state index in [4.69, 9.17) is 32.7 Å². The summed E-state index contributed by atoms with van der Waals surface area (Å²) in [6.45, 7) is 0. The molecule has 3 aromatic rings. The van der Waals surface area contributed by atoms with Crippen LogP contribution < -0.4 is 20.6 Å². The van der Waals surface area contributed by atoms with Crippen molar-refractivity contribution in [1.29, 1.82) is 0 Å². The zero-order chi connectivity index (χ0) is 17.4. The van der Waals surface area contributed by atoms with E-state index in [1.165, 1.54) is 14.2 Å². The van der Waals surface area contributed by atoms with Gasteiger partial charge < -0.3 is 19.4 Å². The Morgan fingerprint density at radius 1 is 0.833 bits per heavy atom. The van der Waals surface area contributed by atoms with E-state index < -0.39 is 11.1 Å². The molecule has 0 aliphatic heterocycles. The van der Waals surface area contributed by atoms with Crippen LogP contribution in [0.15, 0.2) is 9.59 Å². The predicted molar refractivity (Wildman–Crippen MR) is 90.5 cm³/mol. The molecule has 0 spiro atoms. The highest BCUT2D eigenvalue weighted by atomic mass is 35.5. The number of alkyl halides is 2. The normalized spacial score (nSPS) is 11.2. The highest BCUT2D eigenvalue weighted by Gasteiger charge is 2.23. The summed E-state index contributed by atoms with van der Waals surface area (Å²) in [5, 5.41) is 0.240. The number of fused-ring (bicyclic) bond motifs is 2. The first-order chi connectivity index (χ1) is 11.5. The van der Waals surface area contributed by atoms with Crippen LogP contribution in [0.3, 0.4) is 0 Å². The van der Waals surface area contributed by atoms with Gasteiger partial charge >= 0.3 is 0 Å². The number of methoxy groups -OCH3 is 2. The minimum atomic E-state index is -0.470. The smallest absolute Gasteiger partial charge is 0.262 e. The van der Waals surface area contributed by atoms with Crippen LogP contribution in [-0.4, -0.2) is 34.2 Å². The van der Waals surface area contributed by atoms with Gasteiger partial charge in [0.2, 0.25) is 0 Å². The zero-order valence-electron chi connectivity index (χ0n) is 12.7. The van der Waals surface area contributed by atoms with Gasteiger partial charge in [-0.25, -0.2) is 9.97 Å². The SMILES string of the molecule is COc1c2nc(CCl)[nH]c(=O)c2c(OC)c2nc(CCl)[nH]c(=O)c12. The van der Waals surface area contributed by atoms with Crippen molar-refractivity contribution in [1.82, 2.24) is 19.9 Å². The molecule has 0 fully saturated rings. The topological polar surface area (TPSA) is 110 Å². The third kappa shape index (κ3) is 2.38. The van der Waals surface area contributed by atoms with E-state index in [1.54, 1.807) is 0 Å².